The number of hydrogen-bond acceptors (Lipinski definition) is 6. The highest BCUT2D eigenvalue weighted by molar-refractivity contribution is 5.85. The topological polar surface area (TPSA) is 76.3 Å². The molecule has 0 radical (unpaired) electrons. The number of nitrogens with one attached hydrogen (secondary N) is 1. The third kappa shape index (κ3) is 5.03. The zero-order valence-corrected chi connectivity index (χ0v) is 17.8. The van der Waals surface area contributed by atoms with Gasteiger partial charge in [-0.2, -0.15) is 0 Å². The van der Waals surface area contributed by atoms with Crippen molar-refractivity contribution in [3.8, 4) is 17.0 Å². The summed E-state index contributed by atoms with van der Waals surface area (Å²) < 4.78 is 33.7. The van der Waals surface area contributed by atoms with Gasteiger partial charge in [-0.25, -0.2) is 13.8 Å². The van der Waals surface area contributed by atoms with Gasteiger partial charge in [-0.1, -0.05) is 6.07 Å². The molecule has 3 aromatic rings. The minimum Gasteiger partial charge on any atom is -0.496 e. The summed E-state index contributed by atoms with van der Waals surface area (Å²) in [4.78, 5) is 10.8. The first-order chi connectivity index (χ1) is 14.5. The molecule has 2 heterocycles. The standard InChI is InChI=1S/C22H23F2N5O.ClH/c1-30-20-4-2-3-16(24)22(20)18-12-26-13-21(28-18)27-17-11-14(23)5-6-19(17)29-9-7-15(25)8-10-29;/h2-6,11-13,15H,7-10,25H2,1H3,(H,27,28);1H. The Morgan fingerprint density at radius 3 is 2.65 bits per heavy atom. The Morgan fingerprint density at radius 1 is 1.13 bits per heavy atom. The van der Waals surface area contributed by atoms with Crippen molar-refractivity contribution in [1.29, 1.82) is 0 Å². The Bertz CT molecular complexity index is 1040. The van der Waals surface area contributed by atoms with Crippen molar-refractivity contribution in [3.05, 3.63) is 60.4 Å². The van der Waals surface area contributed by atoms with Crippen molar-refractivity contribution in [1.82, 2.24) is 9.97 Å². The number of nitrogens with two attached hydrogens (primary N) is 1. The Balaban J connectivity index is 0.00000272. The fraction of sp³-hybridized carbons (Fsp3) is 0.273. The summed E-state index contributed by atoms with van der Waals surface area (Å²) in [6.07, 6.45) is 4.72. The van der Waals surface area contributed by atoms with E-state index in [1.165, 1.54) is 37.7 Å². The van der Waals surface area contributed by atoms with Crippen LogP contribution in [0.15, 0.2) is 48.8 Å². The minimum absolute atomic E-state index is 0. The molecule has 1 fully saturated rings. The third-order valence-electron chi connectivity index (χ3n) is 5.19. The Labute approximate surface area is 185 Å². The smallest absolute Gasteiger partial charge is 0.149 e. The average molecular weight is 448 g/mol. The van der Waals surface area contributed by atoms with Crippen LogP contribution < -0.4 is 20.7 Å². The highest BCUT2D eigenvalue weighted by Crippen LogP contribution is 2.34. The lowest BCUT2D eigenvalue weighted by molar-refractivity contribution is 0.413. The minimum atomic E-state index is -0.461. The van der Waals surface area contributed by atoms with Crippen molar-refractivity contribution in [2.75, 3.05) is 30.4 Å². The zero-order chi connectivity index (χ0) is 21.1. The second-order valence-corrected chi connectivity index (χ2v) is 7.22. The van der Waals surface area contributed by atoms with Gasteiger partial charge in [0.05, 0.1) is 42.1 Å². The van der Waals surface area contributed by atoms with E-state index in [9.17, 15) is 8.78 Å². The summed E-state index contributed by atoms with van der Waals surface area (Å²) in [5, 5.41) is 3.14. The molecule has 4 rings (SSSR count). The number of methoxy groups -OCH3 is 1. The molecule has 0 amide bonds. The van der Waals surface area contributed by atoms with Crippen LogP contribution in [0.1, 0.15) is 12.8 Å². The number of ether oxygens (including phenoxy) is 1. The number of rotatable bonds is 5. The number of anilines is 3. The third-order valence-corrected chi connectivity index (χ3v) is 5.19. The fourth-order valence-electron chi connectivity index (χ4n) is 3.63. The van der Waals surface area contributed by atoms with Gasteiger partial charge in [0, 0.05) is 19.1 Å². The maximum Gasteiger partial charge on any atom is 0.149 e. The van der Waals surface area contributed by atoms with Crippen LogP contribution in [0.4, 0.5) is 26.0 Å². The van der Waals surface area contributed by atoms with E-state index in [0.717, 1.165) is 31.6 Å². The summed E-state index contributed by atoms with van der Waals surface area (Å²) in [7, 11) is 1.47. The van der Waals surface area contributed by atoms with Gasteiger partial charge in [0.25, 0.3) is 0 Å². The lowest BCUT2D eigenvalue weighted by Gasteiger charge is -2.33. The number of hydrogen-bond donors (Lipinski definition) is 2. The van der Waals surface area contributed by atoms with Crippen LogP contribution >= 0.6 is 12.4 Å². The van der Waals surface area contributed by atoms with Crippen LogP contribution in [0.2, 0.25) is 0 Å². The van der Waals surface area contributed by atoms with Gasteiger partial charge >= 0.3 is 0 Å². The van der Waals surface area contributed by atoms with E-state index in [0.29, 0.717) is 22.9 Å². The second kappa shape index (κ2) is 9.89. The summed E-state index contributed by atoms with van der Waals surface area (Å²) >= 11 is 0. The van der Waals surface area contributed by atoms with Crippen LogP contribution in [-0.4, -0.2) is 36.2 Å². The second-order valence-electron chi connectivity index (χ2n) is 7.22. The molecule has 9 heteroatoms. The number of nitrogens with zero attached hydrogens (tertiary/aromatic N) is 3. The van der Waals surface area contributed by atoms with E-state index < -0.39 is 5.82 Å². The van der Waals surface area contributed by atoms with Crippen molar-refractivity contribution in [2.45, 2.75) is 18.9 Å². The first-order valence-corrected chi connectivity index (χ1v) is 9.77. The normalized spacial score (nSPS) is 14.1. The van der Waals surface area contributed by atoms with Crippen molar-refractivity contribution in [2.24, 2.45) is 5.73 Å². The summed E-state index contributed by atoms with van der Waals surface area (Å²) in [6, 6.07) is 9.35. The van der Waals surface area contributed by atoms with E-state index >= 15 is 0 Å². The quantitative estimate of drug-likeness (QED) is 0.598. The van der Waals surface area contributed by atoms with Crippen LogP contribution in [-0.2, 0) is 0 Å². The molecule has 0 atom stereocenters. The van der Waals surface area contributed by atoms with Gasteiger partial charge in [0.1, 0.15) is 23.2 Å². The average Bonchev–Trinajstić information content (AvgIpc) is 2.74. The SMILES string of the molecule is COc1cccc(F)c1-c1cncc(Nc2cc(F)ccc2N2CCC(N)CC2)n1.Cl. The predicted molar refractivity (Wildman–Crippen MR) is 120 cm³/mol. The van der Waals surface area contributed by atoms with E-state index in [1.807, 2.05) is 0 Å². The number of aromatic nitrogens is 2. The lowest BCUT2D eigenvalue weighted by Crippen LogP contribution is -2.39. The van der Waals surface area contributed by atoms with Crippen LogP contribution in [0, 0.1) is 11.6 Å². The van der Waals surface area contributed by atoms with Gasteiger partial charge in [-0.15, -0.1) is 12.4 Å². The number of benzene rings is 2. The van der Waals surface area contributed by atoms with Crippen LogP contribution in [0.3, 0.4) is 0 Å². The van der Waals surface area contributed by atoms with E-state index in [2.05, 4.69) is 20.2 Å². The lowest BCUT2D eigenvalue weighted by atomic mass is 10.0. The van der Waals surface area contributed by atoms with Gasteiger partial charge in [-0.3, -0.25) is 4.98 Å². The van der Waals surface area contributed by atoms with Gasteiger partial charge in [0.2, 0.25) is 0 Å². The predicted octanol–water partition coefficient (Wildman–Crippen LogP) is 4.52. The molecule has 0 saturated carbocycles. The van der Waals surface area contributed by atoms with Crippen LogP contribution in [0.5, 0.6) is 5.75 Å². The molecular formula is C22H24ClF2N5O. The van der Waals surface area contributed by atoms with Gasteiger partial charge < -0.3 is 20.7 Å². The maximum absolute atomic E-state index is 14.4. The highest BCUT2D eigenvalue weighted by Gasteiger charge is 2.20. The fourth-order valence-corrected chi connectivity index (χ4v) is 3.63. The first kappa shape index (κ1) is 22.7. The van der Waals surface area contributed by atoms with Crippen molar-refractivity contribution >= 4 is 29.6 Å². The molecule has 2 aromatic carbocycles. The summed E-state index contributed by atoms with van der Waals surface area (Å²) in [5.74, 6) is -0.0948. The monoisotopic (exact) mass is 447 g/mol. The Morgan fingerprint density at radius 2 is 1.90 bits per heavy atom. The largest absolute Gasteiger partial charge is 0.496 e. The summed E-state index contributed by atoms with van der Waals surface area (Å²) in [6.45, 7) is 1.58. The molecule has 1 aliphatic rings. The molecule has 1 saturated heterocycles. The molecule has 6 nitrogen and oxygen atoms in total. The molecular weight excluding hydrogens is 424 g/mol. The molecule has 3 N–H and O–H groups in total. The molecule has 0 unspecified atom stereocenters. The first-order valence-electron chi connectivity index (χ1n) is 9.77. The van der Waals surface area contributed by atoms with Crippen molar-refractivity contribution < 1.29 is 13.5 Å². The summed E-state index contributed by atoms with van der Waals surface area (Å²) in [5.41, 5.74) is 7.97. The van der Waals surface area contributed by atoms with Gasteiger partial charge in [0.15, 0.2) is 0 Å². The Kier molecular flexibility index (Phi) is 7.25. The van der Waals surface area contributed by atoms with Crippen LogP contribution in [0.25, 0.3) is 11.3 Å². The number of halogens is 3. The molecule has 0 bridgehead atoms. The molecule has 0 aliphatic carbocycles. The zero-order valence-electron chi connectivity index (χ0n) is 17.0. The maximum atomic E-state index is 14.4. The number of piperidine rings is 1. The van der Waals surface area contributed by atoms with E-state index in [1.54, 1.807) is 18.2 Å². The molecule has 1 aliphatic heterocycles. The van der Waals surface area contributed by atoms with Crippen molar-refractivity contribution in [3.63, 3.8) is 0 Å². The highest BCUT2D eigenvalue weighted by atomic mass is 35.5. The van der Waals surface area contributed by atoms with E-state index in [4.69, 9.17) is 10.5 Å². The molecule has 1 aromatic heterocycles. The molecule has 31 heavy (non-hydrogen) atoms. The molecule has 164 valence electrons. The molecule has 0 spiro atoms. The van der Waals surface area contributed by atoms with Gasteiger partial charge in [-0.05, 0) is 43.2 Å². The Hall–Kier alpha value is -2.97. The van der Waals surface area contributed by atoms with E-state index in [-0.39, 0.29) is 29.8 Å².